The number of nitrogens with one attached hydrogen (secondary N) is 1. The molecule has 1 aromatic carbocycles. The van der Waals surface area contributed by atoms with E-state index in [0.29, 0.717) is 18.8 Å². The number of amides is 1. The van der Waals surface area contributed by atoms with Gasteiger partial charge >= 0.3 is 6.09 Å². The van der Waals surface area contributed by atoms with Crippen molar-refractivity contribution in [3.05, 3.63) is 29.3 Å². The summed E-state index contributed by atoms with van der Waals surface area (Å²) in [6, 6.07) is 5.72. The summed E-state index contributed by atoms with van der Waals surface area (Å²) >= 11 is 0. The summed E-state index contributed by atoms with van der Waals surface area (Å²) in [5.74, 6) is 0.588. The summed E-state index contributed by atoms with van der Waals surface area (Å²) in [5.41, 5.74) is 7.25. The molecule has 0 saturated heterocycles. The van der Waals surface area contributed by atoms with Crippen LogP contribution in [0.4, 0.5) is 4.79 Å². The maximum absolute atomic E-state index is 11.2. The van der Waals surface area contributed by atoms with Gasteiger partial charge in [-0.1, -0.05) is 12.1 Å². The molecule has 4 heteroatoms. The van der Waals surface area contributed by atoms with Gasteiger partial charge in [-0.15, -0.1) is 0 Å². The highest BCUT2D eigenvalue weighted by Crippen LogP contribution is 2.18. The van der Waals surface area contributed by atoms with E-state index in [-0.39, 0.29) is 0 Å². The standard InChI is InChI=1S/C11H16N2O2/c1-8-3-4-9(2)10(7-8)15-11(14)13-6-5-12/h3-4,7H,5-6,12H2,1-2H3,(H,13,14). The van der Waals surface area contributed by atoms with Crippen molar-refractivity contribution in [2.45, 2.75) is 13.8 Å². The van der Waals surface area contributed by atoms with Crippen molar-refractivity contribution in [2.24, 2.45) is 5.73 Å². The second-order valence-corrected chi connectivity index (χ2v) is 3.37. The molecule has 1 rings (SSSR count). The molecule has 0 heterocycles. The number of ether oxygens (including phenoxy) is 1. The van der Waals surface area contributed by atoms with Gasteiger partial charge in [0.25, 0.3) is 0 Å². The average Bonchev–Trinajstić information content (AvgIpc) is 2.20. The van der Waals surface area contributed by atoms with Crippen molar-refractivity contribution in [3.63, 3.8) is 0 Å². The Labute approximate surface area is 89.4 Å². The maximum atomic E-state index is 11.2. The highest BCUT2D eigenvalue weighted by Gasteiger charge is 2.05. The SMILES string of the molecule is Cc1ccc(C)c(OC(=O)NCCN)c1. The fourth-order valence-electron chi connectivity index (χ4n) is 1.13. The lowest BCUT2D eigenvalue weighted by Gasteiger charge is -2.08. The number of hydrogen-bond acceptors (Lipinski definition) is 3. The first-order valence-corrected chi connectivity index (χ1v) is 4.86. The zero-order valence-electron chi connectivity index (χ0n) is 9.04. The molecule has 0 spiro atoms. The van der Waals surface area contributed by atoms with Crippen LogP contribution in [0.2, 0.25) is 0 Å². The smallest absolute Gasteiger partial charge is 0.410 e. The van der Waals surface area contributed by atoms with Gasteiger partial charge in [0.15, 0.2) is 0 Å². The van der Waals surface area contributed by atoms with E-state index in [1.54, 1.807) is 0 Å². The lowest BCUT2D eigenvalue weighted by atomic mass is 10.1. The number of carbonyl (C=O) groups is 1. The topological polar surface area (TPSA) is 64.3 Å². The van der Waals surface area contributed by atoms with Crippen LogP contribution in [-0.4, -0.2) is 19.2 Å². The molecule has 0 radical (unpaired) electrons. The normalized spacial score (nSPS) is 9.80. The van der Waals surface area contributed by atoms with Crippen molar-refractivity contribution >= 4 is 6.09 Å². The molecular weight excluding hydrogens is 192 g/mol. The van der Waals surface area contributed by atoms with E-state index in [0.717, 1.165) is 11.1 Å². The molecule has 3 N–H and O–H groups in total. The molecule has 1 aromatic rings. The molecule has 0 unspecified atom stereocenters. The zero-order chi connectivity index (χ0) is 11.3. The Bertz CT molecular complexity index is 350. The summed E-state index contributed by atoms with van der Waals surface area (Å²) in [5, 5.41) is 2.54. The lowest BCUT2D eigenvalue weighted by Crippen LogP contribution is -2.31. The first kappa shape index (κ1) is 11.5. The molecule has 0 atom stereocenters. The van der Waals surface area contributed by atoms with Gasteiger partial charge in [0, 0.05) is 13.1 Å². The second kappa shape index (κ2) is 5.36. The number of aryl methyl sites for hydroxylation is 2. The molecule has 0 aliphatic heterocycles. The van der Waals surface area contributed by atoms with Gasteiger partial charge in [-0.3, -0.25) is 0 Å². The molecule has 0 fully saturated rings. The largest absolute Gasteiger partial charge is 0.412 e. The minimum Gasteiger partial charge on any atom is -0.410 e. The Morgan fingerprint density at radius 2 is 2.20 bits per heavy atom. The van der Waals surface area contributed by atoms with Gasteiger partial charge in [-0.05, 0) is 31.0 Å². The van der Waals surface area contributed by atoms with Crippen molar-refractivity contribution in [1.29, 1.82) is 0 Å². The van der Waals surface area contributed by atoms with Crippen LogP contribution in [-0.2, 0) is 0 Å². The maximum Gasteiger partial charge on any atom is 0.412 e. The number of rotatable bonds is 3. The van der Waals surface area contributed by atoms with Crippen molar-refractivity contribution in [1.82, 2.24) is 5.32 Å². The number of nitrogens with two attached hydrogens (primary N) is 1. The summed E-state index contributed by atoms with van der Waals surface area (Å²) in [4.78, 5) is 11.2. The van der Waals surface area contributed by atoms with Crippen LogP contribution in [0.25, 0.3) is 0 Å². The van der Waals surface area contributed by atoms with Crippen LogP contribution in [0.15, 0.2) is 18.2 Å². The van der Waals surface area contributed by atoms with E-state index in [1.807, 2.05) is 32.0 Å². The Morgan fingerprint density at radius 1 is 1.47 bits per heavy atom. The van der Waals surface area contributed by atoms with Crippen LogP contribution in [0.3, 0.4) is 0 Å². The molecule has 0 saturated carbocycles. The minimum atomic E-state index is -0.464. The van der Waals surface area contributed by atoms with E-state index < -0.39 is 6.09 Å². The van der Waals surface area contributed by atoms with E-state index >= 15 is 0 Å². The molecule has 1 amide bonds. The first-order valence-electron chi connectivity index (χ1n) is 4.86. The minimum absolute atomic E-state index is 0.405. The monoisotopic (exact) mass is 208 g/mol. The van der Waals surface area contributed by atoms with Gasteiger partial charge < -0.3 is 15.8 Å². The second-order valence-electron chi connectivity index (χ2n) is 3.37. The Kier molecular flexibility index (Phi) is 4.12. The lowest BCUT2D eigenvalue weighted by molar-refractivity contribution is 0.200. The third kappa shape index (κ3) is 3.59. The number of benzene rings is 1. The predicted molar refractivity (Wildman–Crippen MR) is 59.0 cm³/mol. The summed E-state index contributed by atoms with van der Waals surface area (Å²) < 4.78 is 5.12. The van der Waals surface area contributed by atoms with E-state index in [9.17, 15) is 4.79 Å². The Balaban J connectivity index is 2.63. The molecule has 15 heavy (non-hydrogen) atoms. The fourth-order valence-corrected chi connectivity index (χ4v) is 1.13. The highest BCUT2D eigenvalue weighted by molar-refractivity contribution is 5.70. The van der Waals surface area contributed by atoms with Crippen LogP contribution in [0, 0.1) is 13.8 Å². The van der Waals surface area contributed by atoms with Gasteiger partial charge in [0.05, 0.1) is 0 Å². The molecule has 82 valence electrons. The molecule has 0 aromatic heterocycles. The van der Waals surface area contributed by atoms with Gasteiger partial charge in [-0.2, -0.15) is 0 Å². The van der Waals surface area contributed by atoms with E-state index in [4.69, 9.17) is 10.5 Å². The molecule has 0 aliphatic rings. The molecule has 0 bridgehead atoms. The third-order valence-electron chi connectivity index (χ3n) is 1.96. The number of carbonyl (C=O) groups excluding carboxylic acids is 1. The van der Waals surface area contributed by atoms with Crippen LogP contribution >= 0.6 is 0 Å². The summed E-state index contributed by atoms with van der Waals surface area (Å²) in [6.07, 6.45) is -0.464. The number of hydrogen-bond donors (Lipinski definition) is 2. The quantitative estimate of drug-likeness (QED) is 0.788. The zero-order valence-corrected chi connectivity index (χ0v) is 9.04. The predicted octanol–water partition coefficient (Wildman–Crippen LogP) is 1.35. The van der Waals surface area contributed by atoms with Gasteiger partial charge in [0.1, 0.15) is 5.75 Å². The molecule has 4 nitrogen and oxygen atoms in total. The Hall–Kier alpha value is -1.55. The van der Waals surface area contributed by atoms with E-state index in [1.165, 1.54) is 0 Å². The highest BCUT2D eigenvalue weighted by atomic mass is 16.6. The van der Waals surface area contributed by atoms with Crippen LogP contribution in [0.5, 0.6) is 5.75 Å². The Morgan fingerprint density at radius 3 is 2.87 bits per heavy atom. The first-order chi connectivity index (χ1) is 7.13. The fraction of sp³-hybridized carbons (Fsp3) is 0.364. The van der Waals surface area contributed by atoms with Gasteiger partial charge in [-0.25, -0.2) is 4.79 Å². The third-order valence-corrected chi connectivity index (χ3v) is 1.96. The van der Waals surface area contributed by atoms with E-state index in [2.05, 4.69) is 5.32 Å². The molecule has 0 aliphatic carbocycles. The van der Waals surface area contributed by atoms with Gasteiger partial charge in [0.2, 0.25) is 0 Å². The van der Waals surface area contributed by atoms with Crippen molar-refractivity contribution in [3.8, 4) is 5.75 Å². The van der Waals surface area contributed by atoms with Crippen molar-refractivity contribution < 1.29 is 9.53 Å². The van der Waals surface area contributed by atoms with Crippen LogP contribution in [0.1, 0.15) is 11.1 Å². The average molecular weight is 208 g/mol. The summed E-state index contributed by atoms with van der Waals surface area (Å²) in [7, 11) is 0. The van der Waals surface area contributed by atoms with Crippen molar-refractivity contribution in [2.75, 3.05) is 13.1 Å². The van der Waals surface area contributed by atoms with Crippen LogP contribution < -0.4 is 15.8 Å². The molecular formula is C11H16N2O2. The summed E-state index contributed by atoms with van der Waals surface area (Å²) in [6.45, 7) is 4.67.